The molecule has 33 heavy (non-hydrogen) atoms. The molecule has 188 valence electrons. The standard InChI is InChI=1S/C30H50O3/c1-17-9-12-27(5)16-23(33)30(8)19(24(27)18(17)2)15-20(31)25-28(6)13-11-22(32)26(3,4)21(28)10-14-29(25,30)7/h15,17-18,20-25,31-33H,9-14,16H2,1-8H3/t17-,18+,20-,21+,22+,23+,24+,25-,27-,28+,29-,30+/m1/s1. The summed E-state index contributed by atoms with van der Waals surface area (Å²) >= 11 is 0. The highest BCUT2D eigenvalue weighted by atomic mass is 16.3. The maximum absolute atomic E-state index is 12.0. The van der Waals surface area contributed by atoms with E-state index in [0.717, 1.165) is 32.1 Å². The Kier molecular flexibility index (Phi) is 5.23. The van der Waals surface area contributed by atoms with Crippen molar-refractivity contribution < 1.29 is 15.3 Å². The van der Waals surface area contributed by atoms with Gasteiger partial charge in [0.2, 0.25) is 0 Å². The van der Waals surface area contributed by atoms with Gasteiger partial charge < -0.3 is 15.3 Å². The Balaban J connectivity index is 1.67. The first-order valence-corrected chi connectivity index (χ1v) is 13.9. The minimum Gasteiger partial charge on any atom is -0.393 e. The van der Waals surface area contributed by atoms with E-state index in [9.17, 15) is 15.3 Å². The molecule has 0 amide bonds. The summed E-state index contributed by atoms with van der Waals surface area (Å²) in [5, 5.41) is 34.8. The van der Waals surface area contributed by atoms with Crippen molar-refractivity contribution in [3.05, 3.63) is 11.6 Å². The van der Waals surface area contributed by atoms with Crippen LogP contribution in [0.3, 0.4) is 0 Å². The van der Waals surface area contributed by atoms with Crippen LogP contribution in [0.1, 0.15) is 100 Å². The quantitative estimate of drug-likeness (QED) is 0.392. The molecule has 0 unspecified atom stereocenters. The molecule has 0 saturated heterocycles. The summed E-state index contributed by atoms with van der Waals surface area (Å²) in [5.41, 5.74) is 0.868. The second kappa shape index (κ2) is 7.10. The van der Waals surface area contributed by atoms with Gasteiger partial charge in [0.1, 0.15) is 0 Å². The first-order chi connectivity index (χ1) is 15.1. The van der Waals surface area contributed by atoms with Crippen LogP contribution in [0, 0.1) is 56.7 Å². The molecule has 4 fully saturated rings. The minimum atomic E-state index is -0.476. The van der Waals surface area contributed by atoms with Crippen molar-refractivity contribution in [3.63, 3.8) is 0 Å². The maximum Gasteiger partial charge on any atom is 0.0762 e. The molecule has 3 heteroatoms. The zero-order valence-electron chi connectivity index (χ0n) is 22.5. The summed E-state index contributed by atoms with van der Waals surface area (Å²) in [6.07, 6.45) is 8.29. The lowest BCUT2D eigenvalue weighted by atomic mass is 9.32. The topological polar surface area (TPSA) is 60.7 Å². The van der Waals surface area contributed by atoms with Crippen LogP contribution in [0.15, 0.2) is 11.6 Å². The lowest BCUT2D eigenvalue weighted by molar-refractivity contribution is -0.243. The molecule has 0 bridgehead atoms. The van der Waals surface area contributed by atoms with Crippen molar-refractivity contribution >= 4 is 0 Å². The second-order valence-electron chi connectivity index (χ2n) is 14.9. The third-order valence-electron chi connectivity index (χ3n) is 13.3. The molecule has 5 rings (SSSR count). The Morgan fingerprint density at radius 2 is 1.48 bits per heavy atom. The molecule has 5 aliphatic rings. The Labute approximate surface area is 202 Å². The molecule has 3 nitrogen and oxygen atoms in total. The van der Waals surface area contributed by atoms with Crippen LogP contribution in [0.25, 0.3) is 0 Å². The van der Waals surface area contributed by atoms with Crippen molar-refractivity contribution in [2.45, 2.75) is 119 Å². The predicted molar refractivity (Wildman–Crippen MR) is 133 cm³/mol. The highest BCUT2D eigenvalue weighted by Gasteiger charge is 2.71. The summed E-state index contributed by atoms with van der Waals surface area (Å²) < 4.78 is 0. The SMILES string of the molecule is C[C@H]1[C@H](C)CC[C@]2(C)C[C@H](O)[C@]3(C)C(=C[C@@H](O)[C@@H]4[C@@]5(C)CC[C@H](O)C(C)(C)[C@@H]5CC[C@]43C)[C@H]12. The van der Waals surface area contributed by atoms with Crippen molar-refractivity contribution in [1.82, 2.24) is 0 Å². The van der Waals surface area contributed by atoms with E-state index in [1.165, 1.54) is 18.4 Å². The van der Waals surface area contributed by atoms with Gasteiger partial charge in [-0.25, -0.2) is 0 Å². The number of hydrogen-bond donors (Lipinski definition) is 3. The highest BCUT2D eigenvalue weighted by molar-refractivity contribution is 5.37. The third-order valence-corrected chi connectivity index (χ3v) is 13.3. The van der Waals surface area contributed by atoms with Crippen LogP contribution < -0.4 is 0 Å². The fraction of sp³-hybridized carbons (Fsp3) is 0.933. The largest absolute Gasteiger partial charge is 0.393 e. The first-order valence-electron chi connectivity index (χ1n) is 13.9. The zero-order chi connectivity index (χ0) is 24.4. The molecule has 0 aromatic rings. The summed E-state index contributed by atoms with van der Waals surface area (Å²) in [4.78, 5) is 0. The minimum absolute atomic E-state index is 0.0356. The van der Waals surface area contributed by atoms with E-state index in [1.54, 1.807) is 0 Å². The molecule has 4 saturated carbocycles. The van der Waals surface area contributed by atoms with Gasteiger partial charge in [-0.15, -0.1) is 0 Å². The number of hydrogen-bond acceptors (Lipinski definition) is 3. The summed E-state index contributed by atoms with van der Waals surface area (Å²) in [6.45, 7) is 18.9. The van der Waals surface area contributed by atoms with E-state index in [1.807, 2.05) is 0 Å². The van der Waals surface area contributed by atoms with Crippen molar-refractivity contribution in [2.24, 2.45) is 56.7 Å². The summed E-state index contributed by atoms with van der Waals surface area (Å²) in [7, 11) is 0. The molecule has 0 radical (unpaired) electrons. The van der Waals surface area contributed by atoms with Gasteiger partial charge in [0.25, 0.3) is 0 Å². The average molecular weight is 459 g/mol. The van der Waals surface area contributed by atoms with Crippen molar-refractivity contribution in [3.8, 4) is 0 Å². The molecule has 0 aliphatic heterocycles. The maximum atomic E-state index is 12.0. The van der Waals surface area contributed by atoms with Gasteiger partial charge in [-0.2, -0.15) is 0 Å². The molecule has 0 aromatic heterocycles. The van der Waals surface area contributed by atoms with E-state index >= 15 is 0 Å². The van der Waals surface area contributed by atoms with Gasteiger partial charge in [0.05, 0.1) is 18.3 Å². The average Bonchev–Trinajstić information content (AvgIpc) is 2.71. The fourth-order valence-electron chi connectivity index (χ4n) is 11.1. The van der Waals surface area contributed by atoms with Crippen LogP contribution in [-0.4, -0.2) is 33.6 Å². The van der Waals surface area contributed by atoms with Crippen LogP contribution in [0.5, 0.6) is 0 Å². The van der Waals surface area contributed by atoms with E-state index in [-0.39, 0.29) is 45.2 Å². The molecule has 12 atom stereocenters. The molecular weight excluding hydrogens is 408 g/mol. The van der Waals surface area contributed by atoms with Crippen LogP contribution in [0.2, 0.25) is 0 Å². The van der Waals surface area contributed by atoms with Crippen LogP contribution in [-0.2, 0) is 0 Å². The van der Waals surface area contributed by atoms with E-state index in [2.05, 4.69) is 61.5 Å². The second-order valence-corrected chi connectivity index (χ2v) is 14.9. The van der Waals surface area contributed by atoms with Crippen LogP contribution in [0.4, 0.5) is 0 Å². The lowest BCUT2D eigenvalue weighted by Crippen LogP contribution is -2.70. The molecule has 0 aromatic carbocycles. The van der Waals surface area contributed by atoms with Crippen LogP contribution >= 0.6 is 0 Å². The Bertz CT molecular complexity index is 847. The predicted octanol–water partition coefficient (Wildman–Crippen LogP) is 5.97. The van der Waals surface area contributed by atoms with Gasteiger partial charge in [0.15, 0.2) is 0 Å². The number of fused-ring (bicyclic) bond motifs is 7. The summed E-state index contributed by atoms with van der Waals surface area (Å²) in [6, 6.07) is 0. The zero-order valence-corrected chi connectivity index (χ0v) is 22.5. The number of aliphatic hydroxyl groups is 3. The molecule has 3 N–H and O–H groups in total. The van der Waals surface area contributed by atoms with Gasteiger partial charge in [0, 0.05) is 11.3 Å². The van der Waals surface area contributed by atoms with E-state index in [4.69, 9.17) is 0 Å². The molecule has 5 aliphatic carbocycles. The van der Waals surface area contributed by atoms with Crippen molar-refractivity contribution in [1.29, 1.82) is 0 Å². The van der Waals surface area contributed by atoms with Gasteiger partial charge in [-0.3, -0.25) is 0 Å². The van der Waals surface area contributed by atoms with E-state index < -0.39 is 6.10 Å². The van der Waals surface area contributed by atoms with E-state index in [0.29, 0.717) is 23.7 Å². The van der Waals surface area contributed by atoms with Gasteiger partial charge in [-0.05, 0) is 90.3 Å². The fourth-order valence-corrected chi connectivity index (χ4v) is 11.1. The van der Waals surface area contributed by atoms with Gasteiger partial charge >= 0.3 is 0 Å². The lowest BCUT2D eigenvalue weighted by Gasteiger charge is -2.73. The third kappa shape index (κ3) is 2.80. The Hall–Kier alpha value is -0.380. The normalized spacial score (nSPS) is 60.0. The smallest absolute Gasteiger partial charge is 0.0762 e. The first kappa shape index (κ1) is 24.3. The molecule has 0 heterocycles. The van der Waals surface area contributed by atoms with Gasteiger partial charge in [-0.1, -0.05) is 67.0 Å². The monoisotopic (exact) mass is 458 g/mol. The Morgan fingerprint density at radius 3 is 2.15 bits per heavy atom. The highest BCUT2D eigenvalue weighted by Crippen LogP contribution is 2.75. The number of aliphatic hydroxyl groups excluding tert-OH is 3. The molecular formula is C30H50O3. The Morgan fingerprint density at radius 1 is 0.818 bits per heavy atom. The number of rotatable bonds is 0. The summed E-state index contributed by atoms with van der Waals surface area (Å²) in [5.74, 6) is 2.20. The van der Waals surface area contributed by atoms with Crippen molar-refractivity contribution in [2.75, 3.05) is 0 Å². The molecule has 0 spiro atoms.